The number of rotatable bonds is 5. The molecule has 19 heavy (non-hydrogen) atoms. The molecule has 2 aromatic rings. The van der Waals surface area contributed by atoms with Crippen molar-refractivity contribution < 1.29 is 0 Å². The fourth-order valence-corrected chi connectivity index (χ4v) is 2.32. The van der Waals surface area contributed by atoms with E-state index >= 15 is 0 Å². The van der Waals surface area contributed by atoms with Crippen molar-refractivity contribution in [3.05, 3.63) is 47.5 Å². The lowest BCUT2D eigenvalue weighted by Gasteiger charge is -2.27. The molecule has 5 nitrogen and oxygen atoms in total. The molecule has 5 heteroatoms. The van der Waals surface area contributed by atoms with Crippen molar-refractivity contribution in [1.82, 2.24) is 19.7 Å². The van der Waals surface area contributed by atoms with Crippen molar-refractivity contribution in [2.75, 3.05) is 13.6 Å². The number of hydrogen-bond acceptors (Lipinski definition) is 4. The Balaban J connectivity index is 2.15. The maximum atomic E-state index is 5.94. The minimum atomic E-state index is 0.175. The molecule has 1 unspecified atom stereocenters. The van der Waals surface area contributed by atoms with Crippen LogP contribution in [0.2, 0.25) is 0 Å². The highest BCUT2D eigenvalue weighted by molar-refractivity contribution is 5.25. The lowest BCUT2D eigenvalue weighted by molar-refractivity contribution is 0.240. The van der Waals surface area contributed by atoms with Crippen LogP contribution in [-0.4, -0.2) is 33.3 Å². The average molecular weight is 259 g/mol. The Labute approximate surface area is 114 Å². The normalized spacial score (nSPS) is 12.9. The highest BCUT2D eigenvalue weighted by atomic mass is 15.2. The van der Waals surface area contributed by atoms with E-state index in [4.69, 9.17) is 5.73 Å². The van der Waals surface area contributed by atoms with Gasteiger partial charge in [-0.2, -0.15) is 5.10 Å². The lowest BCUT2D eigenvalue weighted by atomic mass is 10.0. The van der Waals surface area contributed by atoms with Crippen LogP contribution in [0.3, 0.4) is 0 Å². The molecule has 0 radical (unpaired) electrons. The van der Waals surface area contributed by atoms with Crippen LogP contribution in [-0.2, 0) is 13.6 Å². The molecule has 0 bridgehead atoms. The predicted octanol–water partition coefficient (Wildman–Crippen LogP) is 1.26. The van der Waals surface area contributed by atoms with Crippen molar-refractivity contribution in [1.29, 1.82) is 0 Å². The van der Waals surface area contributed by atoms with E-state index in [1.54, 1.807) is 0 Å². The van der Waals surface area contributed by atoms with Gasteiger partial charge in [-0.05, 0) is 31.2 Å². The Morgan fingerprint density at radius 1 is 1.42 bits per heavy atom. The van der Waals surface area contributed by atoms with Crippen LogP contribution in [0.5, 0.6) is 0 Å². The van der Waals surface area contributed by atoms with E-state index in [-0.39, 0.29) is 6.04 Å². The van der Waals surface area contributed by atoms with Crippen molar-refractivity contribution >= 4 is 0 Å². The first-order valence-electron chi connectivity index (χ1n) is 6.40. The number of pyridine rings is 1. The third-order valence-corrected chi connectivity index (χ3v) is 3.38. The minimum Gasteiger partial charge on any atom is -0.329 e. The van der Waals surface area contributed by atoms with Crippen molar-refractivity contribution in [2.45, 2.75) is 19.5 Å². The van der Waals surface area contributed by atoms with E-state index in [0.717, 1.165) is 6.54 Å². The van der Waals surface area contributed by atoms with Gasteiger partial charge >= 0.3 is 0 Å². The summed E-state index contributed by atoms with van der Waals surface area (Å²) in [7, 11) is 4.01. The van der Waals surface area contributed by atoms with Gasteiger partial charge < -0.3 is 5.73 Å². The predicted molar refractivity (Wildman–Crippen MR) is 75.4 cm³/mol. The van der Waals surface area contributed by atoms with Gasteiger partial charge in [0.05, 0.1) is 6.20 Å². The summed E-state index contributed by atoms with van der Waals surface area (Å²) in [5, 5.41) is 4.19. The van der Waals surface area contributed by atoms with E-state index in [9.17, 15) is 0 Å². The average Bonchev–Trinajstić information content (AvgIpc) is 2.78. The van der Waals surface area contributed by atoms with Gasteiger partial charge in [-0.25, -0.2) is 0 Å². The number of likely N-dealkylation sites (N-methyl/N-ethyl adjacent to an activating group) is 1. The number of aryl methyl sites for hydroxylation is 2. The first-order chi connectivity index (χ1) is 9.11. The maximum absolute atomic E-state index is 5.94. The summed E-state index contributed by atoms with van der Waals surface area (Å²) in [6, 6.07) is 2.20. The second-order valence-electron chi connectivity index (χ2n) is 4.92. The van der Waals surface area contributed by atoms with Crippen LogP contribution < -0.4 is 5.73 Å². The van der Waals surface area contributed by atoms with E-state index in [1.807, 2.05) is 42.6 Å². The number of nitrogens with zero attached hydrogens (tertiary/aromatic N) is 4. The Morgan fingerprint density at radius 3 is 2.79 bits per heavy atom. The molecule has 2 heterocycles. The van der Waals surface area contributed by atoms with Gasteiger partial charge in [-0.15, -0.1) is 0 Å². The van der Waals surface area contributed by atoms with E-state index < -0.39 is 0 Å². The lowest BCUT2D eigenvalue weighted by Crippen LogP contribution is -2.30. The molecule has 102 valence electrons. The zero-order valence-corrected chi connectivity index (χ0v) is 11.7. The molecule has 0 saturated heterocycles. The van der Waals surface area contributed by atoms with Crippen molar-refractivity contribution in [2.24, 2.45) is 12.8 Å². The van der Waals surface area contributed by atoms with Gasteiger partial charge in [0.25, 0.3) is 0 Å². The molecule has 0 saturated carbocycles. The molecular weight excluding hydrogens is 238 g/mol. The number of aromatic nitrogens is 3. The summed E-state index contributed by atoms with van der Waals surface area (Å²) in [4.78, 5) is 6.45. The summed E-state index contributed by atoms with van der Waals surface area (Å²) >= 11 is 0. The minimum absolute atomic E-state index is 0.175. The highest BCUT2D eigenvalue weighted by Crippen LogP contribution is 2.22. The van der Waals surface area contributed by atoms with E-state index in [0.29, 0.717) is 6.54 Å². The molecule has 0 spiro atoms. The van der Waals surface area contributed by atoms with Crippen molar-refractivity contribution in [3.8, 4) is 0 Å². The monoisotopic (exact) mass is 259 g/mol. The van der Waals surface area contributed by atoms with Gasteiger partial charge in [-0.1, -0.05) is 0 Å². The molecule has 2 N–H and O–H groups in total. The highest BCUT2D eigenvalue weighted by Gasteiger charge is 2.18. The molecular formula is C14H21N5. The zero-order chi connectivity index (χ0) is 13.8. The van der Waals surface area contributed by atoms with Crippen LogP contribution in [0, 0.1) is 6.92 Å². The third-order valence-electron chi connectivity index (χ3n) is 3.38. The Kier molecular flexibility index (Phi) is 4.29. The molecule has 0 aliphatic carbocycles. The quantitative estimate of drug-likeness (QED) is 0.878. The molecule has 0 aromatic carbocycles. The maximum Gasteiger partial charge on any atom is 0.0534 e. The van der Waals surface area contributed by atoms with E-state index in [2.05, 4.69) is 29.0 Å². The van der Waals surface area contributed by atoms with Crippen LogP contribution in [0.1, 0.15) is 22.7 Å². The van der Waals surface area contributed by atoms with Crippen LogP contribution in [0.4, 0.5) is 0 Å². The molecule has 1 atom stereocenters. The van der Waals surface area contributed by atoms with Gasteiger partial charge in [0.2, 0.25) is 0 Å². The fraction of sp³-hybridized carbons (Fsp3) is 0.429. The first-order valence-corrected chi connectivity index (χ1v) is 6.40. The van der Waals surface area contributed by atoms with Crippen LogP contribution in [0.25, 0.3) is 0 Å². The zero-order valence-electron chi connectivity index (χ0n) is 11.7. The molecule has 0 aliphatic heterocycles. The summed E-state index contributed by atoms with van der Waals surface area (Å²) in [5.41, 5.74) is 9.54. The third kappa shape index (κ3) is 3.19. The number of nitrogens with two attached hydrogens (primary N) is 1. The van der Waals surface area contributed by atoms with Crippen LogP contribution in [0.15, 0.2) is 30.9 Å². The second-order valence-corrected chi connectivity index (χ2v) is 4.92. The Hall–Kier alpha value is -1.72. The molecule has 0 amide bonds. The largest absolute Gasteiger partial charge is 0.329 e. The Morgan fingerprint density at radius 2 is 2.21 bits per heavy atom. The van der Waals surface area contributed by atoms with Gasteiger partial charge in [0, 0.05) is 50.3 Å². The SMILES string of the molecule is Cc1ccncc1C(CN)N(C)Cc1cnn(C)c1. The van der Waals surface area contributed by atoms with Gasteiger partial charge in [-0.3, -0.25) is 14.6 Å². The smallest absolute Gasteiger partial charge is 0.0534 e. The van der Waals surface area contributed by atoms with E-state index in [1.165, 1.54) is 16.7 Å². The first kappa shape index (κ1) is 13.7. The second kappa shape index (κ2) is 5.95. The number of hydrogen-bond donors (Lipinski definition) is 1. The fourth-order valence-electron chi connectivity index (χ4n) is 2.32. The van der Waals surface area contributed by atoms with Crippen LogP contribution >= 0.6 is 0 Å². The Bertz CT molecular complexity index is 534. The van der Waals surface area contributed by atoms with Crippen molar-refractivity contribution in [3.63, 3.8) is 0 Å². The van der Waals surface area contributed by atoms with Gasteiger partial charge in [0.15, 0.2) is 0 Å². The summed E-state index contributed by atoms with van der Waals surface area (Å²) in [6.07, 6.45) is 7.64. The molecule has 2 rings (SSSR count). The van der Waals surface area contributed by atoms with Gasteiger partial charge in [0.1, 0.15) is 0 Å². The molecule has 0 aliphatic rings. The molecule has 0 fully saturated rings. The standard InChI is InChI=1S/C14H21N5/c1-11-4-5-16-8-13(11)14(6-15)18(2)9-12-7-17-19(3)10-12/h4-5,7-8,10,14H,6,9,15H2,1-3H3. The summed E-state index contributed by atoms with van der Waals surface area (Å²) < 4.78 is 1.82. The summed E-state index contributed by atoms with van der Waals surface area (Å²) in [6.45, 7) is 3.49. The summed E-state index contributed by atoms with van der Waals surface area (Å²) in [5.74, 6) is 0. The topological polar surface area (TPSA) is 60.0 Å². The molecule has 2 aromatic heterocycles.